The summed E-state index contributed by atoms with van der Waals surface area (Å²) in [6, 6.07) is 8.22. The Morgan fingerprint density at radius 1 is 1.31 bits per heavy atom. The van der Waals surface area contributed by atoms with Gasteiger partial charge in [-0.2, -0.15) is 0 Å². The predicted octanol–water partition coefficient (Wildman–Crippen LogP) is -0.460. The maximum atomic E-state index is 10.6. The van der Waals surface area contributed by atoms with Gasteiger partial charge in [0.1, 0.15) is 13.1 Å². The van der Waals surface area contributed by atoms with Crippen molar-refractivity contribution < 1.29 is 14.8 Å². The molecule has 1 atom stereocenters. The van der Waals surface area contributed by atoms with Crippen molar-refractivity contribution >= 4 is 5.97 Å². The lowest BCUT2D eigenvalue weighted by atomic mass is 10.1. The molecule has 1 aromatic carbocycles. The first-order valence-electron chi connectivity index (χ1n) is 5.70. The number of carboxylic acid groups (broad SMARTS) is 1. The van der Waals surface area contributed by atoms with Gasteiger partial charge in [-0.3, -0.25) is 0 Å². The molecule has 1 unspecified atom stereocenters. The van der Waals surface area contributed by atoms with Crippen molar-refractivity contribution in [3.8, 4) is 0 Å². The molecular weight excluding hydrogens is 202 g/mol. The lowest BCUT2D eigenvalue weighted by Gasteiger charge is -2.19. The zero-order chi connectivity index (χ0) is 12.0. The summed E-state index contributed by atoms with van der Waals surface area (Å²) in [7, 11) is 0. The van der Waals surface area contributed by atoms with E-state index in [1.807, 2.05) is 6.92 Å². The van der Waals surface area contributed by atoms with E-state index in [-0.39, 0.29) is 6.54 Å². The minimum absolute atomic E-state index is 0.0850. The molecule has 0 aromatic heterocycles. The quantitative estimate of drug-likeness (QED) is 0.706. The van der Waals surface area contributed by atoms with Crippen molar-refractivity contribution in [1.82, 2.24) is 0 Å². The van der Waals surface area contributed by atoms with Crippen LogP contribution >= 0.6 is 0 Å². The molecule has 0 aliphatic heterocycles. The number of aliphatic carboxylic acids is 1. The number of hydrogen-bond donors (Lipinski definition) is 1. The number of carbonyl (C=O) groups is 1. The van der Waals surface area contributed by atoms with Crippen LogP contribution in [-0.2, 0) is 11.3 Å². The highest BCUT2D eigenvalue weighted by molar-refractivity contribution is 5.65. The van der Waals surface area contributed by atoms with Crippen molar-refractivity contribution in [2.24, 2.45) is 0 Å². The lowest BCUT2D eigenvalue weighted by molar-refractivity contribution is -0.908. The Labute approximate surface area is 96.7 Å². The number of carboxylic acids is 1. The summed E-state index contributed by atoms with van der Waals surface area (Å²) >= 11 is 0. The summed E-state index contributed by atoms with van der Waals surface area (Å²) in [6.07, 6.45) is 0.981. The number of nitrogens with one attached hydrogen (secondary N) is 1. The monoisotopic (exact) mass is 221 g/mol. The highest BCUT2D eigenvalue weighted by atomic mass is 16.4. The van der Waals surface area contributed by atoms with Gasteiger partial charge in [0.05, 0.1) is 12.5 Å². The number of rotatable bonds is 6. The molecule has 3 heteroatoms. The van der Waals surface area contributed by atoms with Gasteiger partial charge in [-0.25, -0.2) is 0 Å². The van der Waals surface area contributed by atoms with Gasteiger partial charge in [-0.15, -0.1) is 0 Å². The molecule has 1 N–H and O–H groups in total. The van der Waals surface area contributed by atoms with Crippen molar-refractivity contribution in [2.45, 2.75) is 26.8 Å². The second kappa shape index (κ2) is 6.28. The van der Waals surface area contributed by atoms with Crippen LogP contribution in [0, 0.1) is 6.92 Å². The molecule has 0 saturated heterocycles. The highest BCUT2D eigenvalue weighted by Gasteiger charge is 2.08. The first-order valence-corrected chi connectivity index (χ1v) is 5.70. The van der Waals surface area contributed by atoms with Crippen molar-refractivity contribution in [3.05, 3.63) is 35.4 Å². The summed E-state index contributed by atoms with van der Waals surface area (Å²) in [6.45, 7) is 5.80. The molecule has 16 heavy (non-hydrogen) atoms. The average Bonchev–Trinajstić information content (AvgIpc) is 2.21. The smallest absolute Gasteiger partial charge is 0.118 e. The molecule has 0 saturated carbocycles. The fraction of sp³-hybridized carbons (Fsp3) is 0.462. The summed E-state index contributed by atoms with van der Waals surface area (Å²) in [5.74, 6) is -0.976. The molecule has 0 amide bonds. The molecule has 0 aliphatic carbocycles. The number of quaternary nitrogens is 1. The van der Waals surface area contributed by atoms with Crippen molar-refractivity contribution in [2.75, 3.05) is 13.1 Å². The van der Waals surface area contributed by atoms with E-state index in [2.05, 4.69) is 31.2 Å². The summed E-state index contributed by atoms with van der Waals surface area (Å²) < 4.78 is 0. The number of aryl methyl sites for hydroxylation is 1. The number of carbonyl (C=O) groups excluding carboxylic acids is 1. The van der Waals surface area contributed by atoms with E-state index in [4.69, 9.17) is 0 Å². The van der Waals surface area contributed by atoms with Crippen LogP contribution in [0.15, 0.2) is 24.3 Å². The maximum Gasteiger partial charge on any atom is 0.118 e. The Morgan fingerprint density at radius 2 is 1.94 bits per heavy atom. The highest BCUT2D eigenvalue weighted by Crippen LogP contribution is 2.01. The fourth-order valence-corrected chi connectivity index (χ4v) is 1.79. The molecule has 0 spiro atoms. The topological polar surface area (TPSA) is 44.6 Å². The van der Waals surface area contributed by atoms with E-state index in [1.165, 1.54) is 11.1 Å². The van der Waals surface area contributed by atoms with E-state index in [1.54, 1.807) is 0 Å². The molecule has 88 valence electrons. The fourth-order valence-electron chi connectivity index (χ4n) is 1.79. The van der Waals surface area contributed by atoms with Gasteiger partial charge in [0.15, 0.2) is 0 Å². The molecule has 0 aliphatic rings. The third-order valence-electron chi connectivity index (χ3n) is 2.57. The molecule has 1 rings (SSSR count). The van der Waals surface area contributed by atoms with E-state index in [0.29, 0.717) is 0 Å². The van der Waals surface area contributed by atoms with Crippen molar-refractivity contribution in [3.63, 3.8) is 0 Å². The standard InChI is InChI=1S/C13H19NO2/c1-3-8-14(10-13(15)16)9-12-6-4-11(2)5-7-12/h4-7H,3,8-10H2,1-2H3,(H,15,16). The van der Waals surface area contributed by atoms with E-state index < -0.39 is 5.97 Å². The number of hydrogen-bond acceptors (Lipinski definition) is 2. The minimum atomic E-state index is -0.976. The molecule has 0 fully saturated rings. The average molecular weight is 221 g/mol. The first-order chi connectivity index (χ1) is 7.61. The largest absolute Gasteiger partial charge is 0.544 e. The SMILES string of the molecule is CCC[NH+](CC(=O)[O-])Cc1ccc(C)cc1. The molecule has 0 heterocycles. The molecule has 0 radical (unpaired) electrons. The van der Waals surface area contributed by atoms with E-state index >= 15 is 0 Å². The van der Waals surface area contributed by atoms with Gasteiger partial charge in [-0.1, -0.05) is 36.8 Å². The number of benzene rings is 1. The molecular formula is C13H19NO2. The maximum absolute atomic E-state index is 10.6. The third kappa shape index (κ3) is 4.45. The van der Waals surface area contributed by atoms with Gasteiger partial charge in [0.2, 0.25) is 0 Å². The minimum Gasteiger partial charge on any atom is -0.544 e. The second-order valence-corrected chi connectivity index (χ2v) is 4.21. The zero-order valence-electron chi connectivity index (χ0n) is 9.95. The Hall–Kier alpha value is -1.35. The van der Waals surface area contributed by atoms with Gasteiger partial charge >= 0.3 is 0 Å². The van der Waals surface area contributed by atoms with Gasteiger partial charge in [0.25, 0.3) is 0 Å². The normalized spacial score (nSPS) is 12.4. The lowest BCUT2D eigenvalue weighted by Crippen LogP contribution is -3.12. The van der Waals surface area contributed by atoms with E-state index in [0.717, 1.165) is 24.4 Å². The van der Waals surface area contributed by atoms with Crippen LogP contribution in [-0.4, -0.2) is 19.1 Å². The Bertz CT molecular complexity index is 332. The van der Waals surface area contributed by atoms with E-state index in [9.17, 15) is 9.90 Å². The second-order valence-electron chi connectivity index (χ2n) is 4.21. The molecule has 1 aromatic rings. The zero-order valence-corrected chi connectivity index (χ0v) is 9.95. The van der Waals surface area contributed by atoms with Crippen molar-refractivity contribution in [1.29, 1.82) is 0 Å². The third-order valence-corrected chi connectivity index (χ3v) is 2.57. The van der Waals surface area contributed by atoms with Gasteiger partial charge in [-0.05, 0) is 13.3 Å². The van der Waals surface area contributed by atoms with Crippen LogP contribution in [0.4, 0.5) is 0 Å². The summed E-state index contributed by atoms with van der Waals surface area (Å²) in [5.41, 5.74) is 2.40. The van der Waals surface area contributed by atoms with Crippen LogP contribution in [0.1, 0.15) is 24.5 Å². The molecule has 3 nitrogen and oxygen atoms in total. The van der Waals surface area contributed by atoms with Gasteiger partial charge < -0.3 is 14.8 Å². The Balaban J connectivity index is 2.59. The Morgan fingerprint density at radius 3 is 2.44 bits per heavy atom. The summed E-state index contributed by atoms with van der Waals surface area (Å²) in [4.78, 5) is 11.6. The molecule has 0 bridgehead atoms. The Kier molecular flexibility index (Phi) is 4.99. The van der Waals surface area contributed by atoms with Crippen LogP contribution in [0.2, 0.25) is 0 Å². The van der Waals surface area contributed by atoms with Crippen LogP contribution in [0.5, 0.6) is 0 Å². The predicted molar refractivity (Wildman–Crippen MR) is 60.9 cm³/mol. The van der Waals surface area contributed by atoms with Crippen LogP contribution in [0.3, 0.4) is 0 Å². The van der Waals surface area contributed by atoms with Crippen LogP contribution < -0.4 is 10.0 Å². The van der Waals surface area contributed by atoms with Crippen LogP contribution in [0.25, 0.3) is 0 Å². The first kappa shape index (κ1) is 12.7. The summed E-state index contributed by atoms with van der Waals surface area (Å²) in [5, 5.41) is 10.6. The van der Waals surface area contributed by atoms with Gasteiger partial charge in [0, 0.05) is 5.56 Å².